The molecule has 0 aromatic rings. The molecule has 5 saturated carbocycles. The van der Waals surface area contributed by atoms with E-state index in [1.807, 2.05) is 0 Å². The van der Waals surface area contributed by atoms with Crippen LogP contribution in [-0.2, 0) is 0 Å². The first-order chi connectivity index (χ1) is 9.11. The van der Waals surface area contributed by atoms with Crippen molar-refractivity contribution in [2.45, 2.75) is 77.2 Å². The van der Waals surface area contributed by atoms with Crippen LogP contribution >= 0.6 is 0 Å². The maximum atomic E-state index is 5.99. The third kappa shape index (κ3) is 2.15. The summed E-state index contributed by atoms with van der Waals surface area (Å²) in [6.45, 7) is 2.56. The molecular formula is C17H30N2. The summed E-state index contributed by atoms with van der Waals surface area (Å²) in [5.74, 6) is 9.07. The van der Waals surface area contributed by atoms with Gasteiger partial charge in [0.1, 0.15) is 0 Å². The molecule has 0 aromatic carbocycles. The summed E-state index contributed by atoms with van der Waals surface area (Å²) < 4.78 is 0. The van der Waals surface area contributed by atoms with Gasteiger partial charge in [0.15, 0.2) is 0 Å². The molecule has 4 bridgehead atoms. The van der Waals surface area contributed by atoms with Crippen LogP contribution < -0.4 is 11.3 Å². The highest BCUT2D eigenvalue weighted by atomic mass is 15.2. The minimum Gasteiger partial charge on any atom is -0.271 e. The lowest BCUT2D eigenvalue weighted by molar-refractivity contribution is -0.119. The Kier molecular flexibility index (Phi) is 2.80. The first-order valence-electron chi connectivity index (χ1n) is 8.57. The molecule has 0 aliphatic heterocycles. The second kappa shape index (κ2) is 4.21. The van der Waals surface area contributed by atoms with Crippen LogP contribution in [0.25, 0.3) is 0 Å². The number of nitrogens with two attached hydrogens (primary N) is 1. The molecule has 3 N–H and O–H groups in total. The van der Waals surface area contributed by atoms with Crippen LogP contribution in [0.5, 0.6) is 0 Å². The highest BCUT2D eigenvalue weighted by molar-refractivity contribution is 5.09. The van der Waals surface area contributed by atoms with Gasteiger partial charge in [-0.25, -0.2) is 0 Å². The predicted octanol–water partition coefficient (Wildman–Crippen LogP) is 3.62. The molecule has 5 aliphatic carbocycles. The molecule has 0 spiro atoms. The third-order valence-electron chi connectivity index (χ3n) is 6.90. The van der Waals surface area contributed by atoms with E-state index in [4.69, 9.17) is 5.84 Å². The van der Waals surface area contributed by atoms with Gasteiger partial charge in [-0.15, -0.1) is 0 Å². The van der Waals surface area contributed by atoms with Gasteiger partial charge in [0.25, 0.3) is 0 Å². The van der Waals surface area contributed by atoms with Gasteiger partial charge in [-0.3, -0.25) is 11.3 Å². The standard InChI is InChI=1S/C17H30N2/c1-16-7-13-6-14(8-16)10-17(9-13,11-16)15(19-18)5-4-12-2-3-12/h12-15,19H,2-11,18H2,1H3. The number of nitrogens with one attached hydrogen (secondary N) is 1. The fraction of sp³-hybridized carbons (Fsp3) is 1.00. The molecule has 5 rings (SSSR count). The first kappa shape index (κ1) is 12.6. The predicted molar refractivity (Wildman–Crippen MR) is 78.3 cm³/mol. The van der Waals surface area contributed by atoms with Crippen molar-refractivity contribution >= 4 is 0 Å². The number of hydrazine groups is 1. The summed E-state index contributed by atoms with van der Waals surface area (Å²) in [5.41, 5.74) is 4.47. The summed E-state index contributed by atoms with van der Waals surface area (Å²) >= 11 is 0. The molecule has 3 atom stereocenters. The summed E-state index contributed by atoms with van der Waals surface area (Å²) in [4.78, 5) is 0. The van der Waals surface area contributed by atoms with Gasteiger partial charge in [0.05, 0.1) is 0 Å². The molecular weight excluding hydrogens is 232 g/mol. The Morgan fingerprint density at radius 1 is 1.16 bits per heavy atom. The quantitative estimate of drug-likeness (QED) is 0.586. The minimum absolute atomic E-state index is 0.558. The summed E-state index contributed by atoms with van der Waals surface area (Å²) in [6, 6.07) is 0.596. The lowest BCUT2D eigenvalue weighted by Crippen LogP contribution is -2.59. The maximum Gasteiger partial charge on any atom is 0.0267 e. The van der Waals surface area contributed by atoms with Gasteiger partial charge in [-0.05, 0) is 80.0 Å². The molecule has 0 radical (unpaired) electrons. The van der Waals surface area contributed by atoms with Gasteiger partial charge >= 0.3 is 0 Å². The summed E-state index contributed by atoms with van der Waals surface area (Å²) in [7, 11) is 0. The lowest BCUT2D eigenvalue weighted by Gasteiger charge is -2.63. The van der Waals surface area contributed by atoms with Crippen molar-refractivity contribution < 1.29 is 0 Å². The Labute approximate surface area is 117 Å². The highest BCUT2D eigenvalue weighted by Crippen LogP contribution is 2.66. The Bertz CT molecular complexity index is 346. The van der Waals surface area contributed by atoms with Crippen molar-refractivity contribution in [2.75, 3.05) is 0 Å². The fourth-order valence-corrected chi connectivity index (χ4v) is 6.58. The zero-order valence-corrected chi connectivity index (χ0v) is 12.5. The van der Waals surface area contributed by atoms with Gasteiger partial charge in [0, 0.05) is 6.04 Å². The average Bonchev–Trinajstić information content (AvgIpc) is 3.09. The topological polar surface area (TPSA) is 38.0 Å². The summed E-state index contributed by atoms with van der Waals surface area (Å²) in [5, 5.41) is 0. The van der Waals surface area contributed by atoms with Crippen LogP contribution in [0.3, 0.4) is 0 Å². The monoisotopic (exact) mass is 262 g/mol. The van der Waals surface area contributed by atoms with E-state index in [1.54, 1.807) is 0 Å². The van der Waals surface area contributed by atoms with Gasteiger partial charge in [0.2, 0.25) is 0 Å². The second-order valence-corrected chi connectivity index (χ2v) is 8.87. The summed E-state index contributed by atoms with van der Waals surface area (Å²) in [6.07, 6.45) is 14.6. The van der Waals surface area contributed by atoms with Crippen LogP contribution in [0, 0.1) is 28.6 Å². The van der Waals surface area contributed by atoms with Crippen molar-refractivity contribution in [3.63, 3.8) is 0 Å². The van der Waals surface area contributed by atoms with Crippen LogP contribution in [0.4, 0.5) is 0 Å². The van der Waals surface area contributed by atoms with Crippen LogP contribution in [0.2, 0.25) is 0 Å². The molecule has 0 amide bonds. The van der Waals surface area contributed by atoms with Crippen molar-refractivity contribution in [1.29, 1.82) is 0 Å². The Balaban J connectivity index is 1.53. The lowest BCUT2D eigenvalue weighted by atomic mass is 9.43. The number of hydrogen-bond acceptors (Lipinski definition) is 2. The molecule has 0 aromatic heterocycles. The van der Waals surface area contributed by atoms with E-state index in [0.29, 0.717) is 16.9 Å². The molecule has 108 valence electrons. The molecule has 2 heteroatoms. The Hall–Kier alpha value is -0.0800. The molecule has 3 unspecified atom stereocenters. The maximum absolute atomic E-state index is 5.99. The smallest absolute Gasteiger partial charge is 0.0267 e. The minimum atomic E-state index is 0.558. The average molecular weight is 262 g/mol. The molecule has 2 nitrogen and oxygen atoms in total. The van der Waals surface area contributed by atoms with E-state index in [-0.39, 0.29) is 0 Å². The SMILES string of the molecule is CC12CC3CC(C1)CC(C(CCC1CC1)NN)(C3)C2. The second-order valence-electron chi connectivity index (χ2n) is 8.87. The van der Waals surface area contributed by atoms with Crippen molar-refractivity contribution in [1.82, 2.24) is 5.43 Å². The van der Waals surface area contributed by atoms with Crippen LogP contribution in [-0.4, -0.2) is 6.04 Å². The molecule has 5 fully saturated rings. The van der Waals surface area contributed by atoms with Crippen molar-refractivity contribution in [3.05, 3.63) is 0 Å². The highest BCUT2D eigenvalue weighted by Gasteiger charge is 2.58. The number of hydrogen-bond donors (Lipinski definition) is 2. The van der Waals surface area contributed by atoms with Crippen LogP contribution in [0.1, 0.15) is 71.1 Å². The normalized spacial score (nSPS) is 49.6. The van der Waals surface area contributed by atoms with E-state index < -0.39 is 0 Å². The van der Waals surface area contributed by atoms with Gasteiger partial charge in [-0.2, -0.15) is 0 Å². The zero-order chi connectivity index (χ0) is 13.1. The fourth-order valence-electron chi connectivity index (χ4n) is 6.58. The molecule has 0 saturated heterocycles. The van der Waals surface area contributed by atoms with Gasteiger partial charge < -0.3 is 0 Å². The van der Waals surface area contributed by atoms with E-state index in [1.165, 1.54) is 64.2 Å². The Morgan fingerprint density at radius 3 is 2.37 bits per heavy atom. The zero-order valence-electron chi connectivity index (χ0n) is 12.5. The Morgan fingerprint density at radius 2 is 1.84 bits per heavy atom. The first-order valence-corrected chi connectivity index (χ1v) is 8.57. The van der Waals surface area contributed by atoms with E-state index in [0.717, 1.165) is 17.8 Å². The van der Waals surface area contributed by atoms with Crippen LogP contribution in [0.15, 0.2) is 0 Å². The van der Waals surface area contributed by atoms with E-state index in [2.05, 4.69) is 12.3 Å². The molecule has 5 aliphatic rings. The van der Waals surface area contributed by atoms with Crippen molar-refractivity contribution in [3.8, 4) is 0 Å². The van der Waals surface area contributed by atoms with E-state index in [9.17, 15) is 0 Å². The van der Waals surface area contributed by atoms with E-state index >= 15 is 0 Å². The molecule has 0 heterocycles. The van der Waals surface area contributed by atoms with Gasteiger partial charge in [-0.1, -0.05) is 19.8 Å². The largest absolute Gasteiger partial charge is 0.271 e. The third-order valence-corrected chi connectivity index (χ3v) is 6.90. The molecule has 19 heavy (non-hydrogen) atoms. The van der Waals surface area contributed by atoms with Crippen molar-refractivity contribution in [2.24, 2.45) is 34.4 Å². The number of rotatable bonds is 5.